The van der Waals surface area contributed by atoms with Crippen LogP contribution in [-0.4, -0.2) is 33.0 Å². The van der Waals surface area contributed by atoms with Crippen LogP contribution in [0.25, 0.3) is 10.9 Å². The van der Waals surface area contributed by atoms with Gasteiger partial charge in [0, 0.05) is 24.5 Å². The minimum absolute atomic E-state index is 0.165. The zero-order valence-electron chi connectivity index (χ0n) is 14.1. The van der Waals surface area contributed by atoms with Crippen molar-refractivity contribution < 1.29 is 17.9 Å². The fourth-order valence-electron chi connectivity index (χ4n) is 2.44. The first kappa shape index (κ1) is 19.1. The fourth-order valence-corrected chi connectivity index (χ4v) is 3.55. The van der Waals surface area contributed by atoms with Crippen molar-refractivity contribution >= 4 is 26.9 Å². The molecular weight excluding hydrogens is 344 g/mol. The third-order valence-electron chi connectivity index (χ3n) is 3.83. The Morgan fingerprint density at radius 3 is 2.64 bits per heavy atom. The zero-order chi connectivity index (χ0) is 18.3. The number of hydrogen-bond donors (Lipinski definition) is 2. The summed E-state index contributed by atoms with van der Waals surface area (Å²) >= 11 is 0. The van der Waals surface area contributed by atoms with E-state index in [2.05, 4.69) is 14.4 Å². The Balaban J connectivity index is 1.84. The number of aromatic nitrogens is 1. The van der Waals surface area contributed by atoms with Gasteiger partial charge in [-0.1, -0.05) is 12.8 Å². The number of ether oxygens (including phenoxy) is 1. The lowest BCUT2D eigenvalue weighted by Gasteiger charge is -2.08. The van der Waals surface area contributed by atoms with Crippen LogP contribution in [0.4, 0.5) is 0 Å². The summed E-state index contributed by atoms with van der Waals surface area (Å²) in [7, 11) is -2.23. The predicted octanol–water partition coefficient (Wildman–Crippen LogP) is 1.93. The van der Waals surface area contributed by atoms with Crippen molar-refractivity contribution in [2.24, 2.45) is 0 Å². The molecule has 0 aliphatic rings. The number of pyridine rings is 1. The van der Waals surface area contributed by atoms with Crippen LogP contribution < -0.4 is 10.3 Å². The Bertz CT molecular complexity index is 889. The Morgan fingerprint density at radius 2 is 1.88 bits per heavy atom. The highest BCUT2D eigenvalue weighted by atomic mass is 32.2. The van der Waals surface area contributed by atoms with Crippen molar-refractivity contribution in [1.29, 1.82) is 0 Å². The maximum Gasteiger partial charge on any atom is 0.305 e. The number of H-pyrrole nitrogens is 1. The summed E-state index contributed by atoms with van der Waals surface area (Å²) < 4.78 is 31.8. The van der Waals surface area contributed by atoms with Crippen LogP contribution in [0.5, 0.6) is 0 Å². The normalized spacial score (nSPS) is 11.6. The van der Waals surface area contributed by atoms with Gasteiger partial charge in [0.2, 0.25) is 15.6 Å². The highest BCUT2D eigenvalue weighted by molar-refractivity contribution is 7.89. The van der Waals surface area contributed by atoms with E-state index in [1.807, 2.05) is 0 Å². The van der Waals surface area contributed by atoms with Crippen molar-refractivity contribution in [3.63, 3.8) is 0 Å². The van der Waals surface area contributed by atoms with Crippen molar-refractivity contribution in [3.05, 3.63) is 40.7 Å². The third kappa shape index (κ3) is 5.68. The smallest absolute Gasteiger partial charge is 0.305 e. The van der Waals surface area contributed by atoms with Gasteiger partial charge in [-0.05, 0) is 42.5 Å². The zero-order valence-corrected chi connectivity index (χ0v) is 14.9. The quantitative estimate of drug-likeness (QED) is 0.521. The van der Waals surface area contributed by atoms with Crippen LogP contribution in [0, 0.1) is 0 Å². The van der Waals surface area contributed by atoms with E-state index in [-0.39, 0.29) is 16.4 Å². The van der Waals surface area contributed by atoms with E-state index < -0.39 is 10.0 Å². The molecule has 136 valence electrons. The molecule has 2 rings (SSSR count). The highest BCUT2D eigenvalue weighted by Crippen LogP contribution is 2.16. The minimum Gasteiger partial charge on any atom is -0.469 e. The van der Waals surface area contributed by atoms with Gasteiger partial charge >= 0.3 is 5.97 Å². The van der Waals surface area contributed by atoms with Crippen LogP contribution >= 0.6 is 0 Å². The van der Waals surface area contributed by atoms with Crippen molar-refractivity contribution in [1.82, 2.24) is 9.71 Å². The SMILES string of the molecule is COC(=O)CCCCCCNS(=O)(=O)c1ccc2[nH]c(=O)ccc2c1. The van der Waals surface area contributed by atoms with Gasteiger partial charge in [-0.25, -0.2) is 13.1 Å². The van der Waals surface area contributed by atoms with Gasteiger partial charge in [0.25, 0.3) is 0 Å². The number of esters is 1. The van der Waals surface area contributed by atoms with Crippen LogP contribution in [0.2, 0.25) is 0 Å². The molecule has 0 amide bonds. The van der Waals surface area contributed by atoms with Crippen molar-refractivity contribution in [2.75, 3.05) is 13.7 Å². The molecule has 2 N–H and O–H groups in total. The molecule has 7 nitrogen and oxygen atoms in total. The number of fused-ring (bicyclic) bond motifs is 1. The van der Waals surface area contributed by atoms with Gasteiger partial charge < -0.3 is 9.72 Å². The molecule has 2 aromatic rings. The number of nitrogens with one attached hydrogen (secondary N) is 2. The summed E-state index contributed by atoms with van der Waals surface area (Å²) in [6.07, 6.45) is 3.50. The summed E-state index contributed by atoms with van der Waals surface area (Å²) in [5.41, 5.74) is 0.366. The second-order valence-electron chi connectivity index (χ2n) is 5.71. The molecule has 0 atom stereocenters. The van der Waals surface area contributed by atoms with E-state index in [1.54, 1.807) is 12.1 Å². The molecule has 1 heterocycles. The summed E-state index contributed by atoms with van der Waals surface area (Å²) in [4.78, 5) is 25.0. The van der Waals surface area contributed by atoms with Gasteiger partial charge in [-0.2, -0.15) is 0 Å². The van der Waals surface area contributed by atoms with Gasteiger partial charge in [-0.3, -0.25) is 9.59 Å². The molecule has 0 bridgehead atoms. The number of sulfonamides is 1. The summed E-state index contributed by atoms with van der Waals surface area (Å²) in [5, 5.41) is 0.658. The molecular formula is C17H22N2O5S. The first-order valence-electron chi connectivity index (χ1n) is 8.12. The lowest BCUT2D eigenvalue weighted by Crippen LogP contribution is -2.24. The van der Waals surface area contributed by atoms with Crippen LogP contribution in [0.3, 0.4) is 0 Å². The van der Waals surface area contributed by atoms with Gasteiger partial charge in [0.05, 0.1) is 12.0 Å². The average molecular weight is 366 g/mol. The second kappa shape index (κ2) is 8.77. The molecule has 25 heavy (non-hydrogen) atoms. The monoisotopic (exact) mass is 366 g/mol. The maximum absolute atomic E-state index is 12.3. The number of hydrogen-bond acceptors (Lipinski definition) is 5. The number of unbranched alkanes of at least 4 members (excludes halogenated alkanes) is 3. The van der Waals surface area contributed by atoms with E-state index >= 15 is 0 Å². The standard InChI is InChI=1S/C17H22N2O5S/c1-24-17(21)6-4-2-3-5-11-18-25(22,23)14-8-9-15-13(12-14)7-10-16(20)19-15/h7-10,12,18H,2-6,11H2,1H3,(H,19,20). The summed E-state index contributed by atoms with van der Waals surface area (Å²) in [6.45, 7) is 0.338. The highest BCUT2D eigenvalue weighted by Gasteiger charge is 2.13. The minimum atomic E-state index is -3.59. The molecule has 0 spiro atoms. The van der Waals surface area contributed by atoms with E-state index in [4.69, 9.17) is 0 Å². The van der Waals surface area contributed by atoms with Crippen molar-refractivity contribution in [3.8, 4) is 0 Å². The molecule has 0 aliphatic carbocycles. The second-order valence-corrected chi connectivity index (χ2v) is 7.48. The topological polar surface area (TPSA) is 105 Å². The molecule has 0 radical (unpaired) electrons. The van der Waals surface area contributed by atoms with E-state index in [0.29, 0.717) is 30.3 Å². The summed E-state index contributed by atoms with van der Waals surface area (Å²) in [5.74, 6) is -0.224. The number of aromatic amines is 1. The largest absolute Gasteiger partial charge is 0.469 e. The molecule has 0 fully saturated rings. The Kier molecular flexibility index (Phi) is 6.72. The molecule has 0 aliphatic heterocycles. The molecule has 0 unspecified atom stereocenters. The molecule has 1 aromatic heterocycles. The van der Waals surface area contributed by atoms with E-state index in [9.17, 15) is 18.0 Å². The lowest BCUT2D eigenvalue weighted by atomic mass is 10.1. The van der Waals surface area contributed by atoms with Crippen molar-refractivity contribution in [2.45, 2.75) is 37.0 Å². The maximum atomic E-state index is 12.3. The van der Waals surface area contributed by atoms with Crippen LogP contribution in [0.1, 0.15) is 32.1 Å². The third-order valence-corrected chi connectivity index (χ3v) is 5.29. The van der Waals surface area contributed by atoms with Gasteiger partial charge in [-0.15, -0.1) is 0 Å². The Morgan fingerprint density at radius 1 is 1.12 bits per heavy atom. The first-order chi connectivity index (χ1) is 11.9. The lowest BCUT2D eigenvalue weighted by molar-refractivity contribution is -0.140. The number of methoxy groups -OCH3 is 1. The number of carbonyl (C=O) groups is 1. The van der Waals surface area contributed by atoms with Crippen LogP contribution in [-0.2, 0) is 19.6 Å². The van der Waals surface area contributed by atoms with E-state index in [0.717, 1.165) is 19.3 Å². The molecule has 0 saturated heterocycles. The molecule has 0 saturated carbocycles. The molecule has 1 aromatic carbocycles. The number of benzene rings is 1. The van der Waals surface area contributed by atoms with Gasteiger partial charge in [0.1, 0.15) is 0 Å². The Hall–Kier alpha value is -2.19. The van der Waals surface area contributed by atoms with E-state index in [1.165, 1.54) is 25.3 Å². The Labute approximate surface area is 146 Å². The van der Waals surface area contributed by atoms with Crippen LogP contribution in [0.15, 0.2) is 40.0 Å². The summed E-state index contributed by atoms with van der Waals surface area (Å²) in [6, 6.07) is 7.54. The first-order valence-corrected chi connectivity index (χ1v) is 9.60. The van der Waals surface area contributed by atoms with Gasteiger partial charge in [0.15, 0.2) is 0 Å². The molecule has 8 heteroatoms. The average Bonchev–Trinajstić information content (AvgIpc) is 2.60. The predicted molar refractivity (Wildman–Crippen MR) is 94.9 cm³/mol. The number of rotatable bonds is 9. The fraction of sp³-hybridized carbons (Fsp3) is 0.412. The number of carbonyl (C=O) groups excluding carboxylic acids is 1.